The number of aromatic hydroxyl groups is 2. The van der Waals surface area contributed by atoms with Crippen LogP contribution < -0.4 is 4.74 Å². The van der Waals surface area contributed by atoms with Crippen molar-refractivity contribution in [1.29, 1.82) is 0 Å². The van der Waals surface area contributed by atoms with E-state index < -0.39 is 0 Å². The molecule has 0 bridgehead atoms. The molecule has 4 nitrogen and oxygen atoms in total. The molecule has 2 N–H and O–H groups in total. The third kappa shape index (κ3) is 1.93. The van der Waals surface area contributed by atoms with Gasteiger partial charge in [-0.3, -0.25) is 4.79 Å². The summed E-state index contributed by atoms with van der Waals surface area (Å²) in [5.41, 5.74) is 1.10. The van der Waals surface area contributed by atoms with E-state index in [1.54, 1.807) is 30.3 Å². The van der Waals surface area contributed by atoms with E-state index in [1.807, 2.05) is 0 Å². The van der Waals surface area contributed by atoms with Gasteiger partial charge in [0.05, 0.1) is 5.56 Å². The minimum absolute atomic E-state index is 0.192. The van der Waals surface area contributed by atoms with Crippen LogP contribution in [0.1, 0.15) is 15.9 Å². The van der Waals surface area contributed by atoms with Gasteiger partial charge in [-0.25, -0.2) is 0 Å². The minimum Gasteiger partial charge on any atom is -0.504 e. The van der Waals surface area contributed by atoms with Crippen molar-refractivity contribution in [3.05, 3.63) is 59.4 Å². The van der Waals surface area contributed by atoms with Gasteiger partial charge in [0.25, 0.3) is 0 Å². The second-order valence-electron chi connectivity index (χ2n) is 4.18. The summed E-state index contributed by atoms with van der Waals surface area (Å²) in [7, 11) is 0. The van der Waals surface area contributed by atoms with E-state index in [0.717, 1.165) is 0 Å². The Bertz CT molecular complexity index is 701. The Balaban J connectivity index is 1.98. The first kappa shape index (κ1) is 11.3. The number of rotatable bonds is 1. The number of Topliss-reactive ketones (excluding diaryl/α,β-unsaturated/α-hetero) is 1. The average Bonchev–Trinajstić information content (AvgIpc) is 2.72. The summed E-state index contributed by atoms with van der Waals surface area (Å²) in [6.07, 6.45) is 1.53. The van der Waals surface area contributed by atoms with Crippen LogP contribution in [0, 0.1) is 0 Å². The summed E-state index contributed by atoms with van der Waals surface area (Å²) in [6, 6.07) is 11.3. The molecule has 2 aromatic carbocycles. The van der Waals surface area contributed by atoms with Gasteiger partial charge >= 0.3 is 0 Å². The summed E-state index contributed by atoms with van der Waals surface area (Å²) in [5.74, 6) is 0.0950. The van der Waals surface area contributed by atoms with Gasteiger partial charge in [0, 0.05) is 0 Å². The molecule has 0 fully saturated rings. The molecular formula is C15H10O4. The molecule has 0 saturated carbocycles. The lowest BCUT2D eigenvalue weighted by Crippen LogP contribution is -1.97. The first-order chi connectivity index (χ1) is 9.15. The van der Waals surface area contributed by atoms with Crippen molar-refractivity contribution in [3.8, 4) is 17.2 Å². The topological polar surface area (TPSA) is 66.8 Å². The third-order valence-electron chi connectivity index (χ3n) is 2.87. The molecule has 1 aliphatic rings. The molecule has 19 heavy (non-hydrogen) atoms. The van der Waals surface area contributed by atoms with Gasteiger partial charge < -0.3 is 14.9 Å². The second kappa shape index (κ2) is 4.17. The number of hydrogen-bond donors (Lipinski definition) is 2. The summed E-state index contributed by atoms with van der Waals surface area (Å²) in [5, 5.41) is 18.6. The minimum atomic E-state index is -0.239. The van der Waals surface area contributed by atoms with Crippen molar-refractivity contribution < 1.29 is 19.7 Å². The first-order valence-electron chi connectivity index (χ1n) is 5.70. The van der Waals surface area contributed by atoms with E-state index in [0.29, 0.717) is 16.9 Å². The molecule has 0 aromatic heterocycles. The highest BCUT2D eigenvalue weighted by molar-refractivity contribution is 6.14. The van der Waals surface area contributed by atoms with Gasteiger partial charge in [0.1, 0.15) is 5.75 Å². The van der Waals surface area contributed by atoms with E-state index in [-0.39, 0.29) is 23.0 Å². The van der Waals surface area contributed by atoms with Crippen LogP contribution in [0.3, 0.4) is 0 Å². The highest BCUT2D eigenvalue weighted by Gasteiger charge is 2.26. The van der Waals surface area contributed by atoms with Crippen molar-refractivity contribution in [2.45, 2.75) is 0 Å². The van der Waals surface area contributed by atoms with Crippen LogP contribution >= 0.6 is 0 Å². The fourth-order valence-electron chi connectivity index (χ4n) is 1.92. The number of carbonyl (C=O) groups is 1. The predicted molar refractivity (Wildman–Crippen MR) is 69.1 cm³/mol. The van der Waals surface area contributed by atoms with Gasteiger partial charge in [-0.15, -0.1) is 0 Å². The van der Waals surface area contributed by atoms with Gasteiger partial charge in [-0.2, -0.15) is 0 Å². The summed E-state index contributed by atoms with van der Waals surface area (Å²) in [4.78, 5) is 12.0. The van der Waals surface area contributed by atoms with Crippen LogP contribution in [-0.2, 0) is 0 Å². The molecule has 94 valence electrons. The predicted octanol–water partition coefficient (Wildman–Crippen LogP) is 2.71. The highest BCUT2D eigenvalue weighted by Crippen LogP contribution is 2.32. The maximum Gasteiger partial charge on any atom is 0.231 e. The molecule has 0 aliphatic carbocycles. The number of para-hydroxylation sites is 1. The zero-order chi connectivity index (χ0) is 13.4. The number of benzene rings is 2. The Kier molecular flexibility index (Phi) is 2.49. The molecule has 2 aromatic rings. The van der Waals surface area contributed by atoms with Crippen molar-refractivity contribution in [3.63, 3.8) is 0 Å². The molecule has 0 amide bonds. The molecule has 0 unspecified atom stereocenters. The molecule has 0 saturated heterocycles. The van der Waals surface area contributed by atoms with Crippen LogP contribution in [-0.4, -0.2) is 16.0 Å². The van der Waals surface area contributed by atoms with Crippen LogP contribution in [0.2, 0.25) is 0 Å². The number of carbonyl (C=O) groups excluding carboxylic acids is 1. The van der Waals surface area contributed by atoms with Gasteiger partial charge in [-0.1, -0.05) is 18.2 Å². The lowest BCUT2D eigenvalue weighted by Gasteiger charge is -2.00. The Morgan fingerprint density at radius 1 is 1.00 bits per heavy atom. The number of phenolic OH excluding ortho intramolecular Hbond substituents is 2. The smallest absolute Gasteiger partial charge is 0.231 e. The molecular weight excluding hydrogens is 244 g/mol. The fourth-order valence-corrected chi connectivity index (χ4v) is 1.92. The van der Waals surface area contributed by atoms with Crippen molar-refractivity contribution in [1.82, 2.24) is 0 Å². The third-order valence-corrected chi connectivity index (χ3v) is 2.87. The molecule has 0 radical (unpaired) electrons. The van der Waals surface area contributed by atoms with E-state index >= 15 is 0 Å². The zero-order valence-corrected chi connectivity index (χ0v) is 9.83. The van der Waals surface area contributed by atoms with Crippen LogP contribution in [0.4, 0.5) is 0 Å². The molecule has 0 spiro atoms. The number of allylic oxidation sites excluding steroid dienone is 1. The van der Waals surface area contributed by atoms with Gasteiger partial charge in [0.15, 0.2) is 17.3 Å². The van der Waals surface area contributed by atoms with Crippen LogP contribution in [0.15, 0.2) is 48.2 Å². The first-order valence-corrected chi connectivity index (χ1v) is 5.70. The van der Waals surface area contributed by atoms with Crippen LogP contribution in [0.25, 0.3) is 6.08 Å². The van der Waals surface area contributed by atoms with Crippen molar-refractivity contribution in [2.24, 2.45) is 0 Å². The van der Waals surface area contributed by atoms with E-state index in [2.05, 4.69) is 0 Å². The highest BCUT2D eigenvalue weighted by atomic mass is 16.5. The summed E-state index contributed by atoms with van der Waals surface area (Å²) < 4.78 is 5.46. The zero-order valence-electron chi connectivity index (χ0n) is 9.83. The monoisotopic (exact) mass is 254 g/mol. The molecule has 3 rings (SSSR count). The fraction of sp³-hybridized carbons (Fsp3) is 0. The number of fused-ring (bicyclic) bond motifs is 1. The Morgan fingerprint density at radius 3 is 2.53 bits per heavy atom. The summed E-state index contributed by atoms with van der Waals surface area (Å²) in [6.45, 7) is 0. The van der Waals surface area contributed by atoms with Gasteiger partial charge in [0.2, 0.25) is 5.78 Å². The number of ketones is 1. The lowest BCUT2D eigenvalue weighted by molar-refractivity contribution is 0.101. The Morgan fingerprint density at radius 2 is 1.79 bits per heavy atom. The van der Waals surface area contributed by atoms with Crippen molar-refractivity contribution >= 4 is 11.9 Å². The average molecular weight is 254 g/mol. The largest absolute Gasteiger partial charge is 0.504 e. The van der Waals surface area contributed by atoms with E-state index in [1.165, 1.54) is 18.2 Å². The molecule has 0 atom stereocenters. The SMILES string of the molecule is O=C1C(=Cc2ccc(O)c(O)c2)Oc2ccccc21. The quantitative estimate of drug-likeness (QED) is 0.606. The van der Waals surface area contributed by atoms with E-state index in [4.69, 9.17) is 4.74 Å². The maximum atomic E-state index is 12.0. The van der Waals surface area contributed by atoms with Gasteiger partial charge in [-0.05, 0) is 35.9 Å². The lowest BCUT2D eigenvalue weighted by atomic mass is 10.1. The number of ether oxygens (including phenoxy) is 1. The second-order valence-corrected chi connectivity index (χ2v) is 4.18. The van der Waals surface area contributed by atoms with Crippen molar-refractivity contribution in [2.75, 3.05) is 0 Å². The normalized spacial score (nSPS) is 15.4. The number of phenols is 2. The molecule has 1 aliphatic heterocycles. The number of hydrogen-bond acceptors (Lipinski definition) is 4. The van der Waals surface area contributed by atoms with E-state index in [9.17, 15) is 15.0 Å². The maximum absolute atomic E-state index is 12.0. The molecule has 4 heteroatoms. The standard InChI is InChI=1S/C15H10O4/c16-11-6-5-9(7-12(11)17)8-14-15(18)10-3-1-2-4-13(10)19-14/h1-8,16-17H. The Hall–Kier alpha value is -2.75. The van der Waals surface area contributed by atoms with Crippen LogP contribution in [0.5, 0.6) is 17.2 Å². The Labute approximate surface area is 109 Å². The summed E-state index contributed by atoms with van der Waals surface area (Å²) >= 11 is 0. The molecule has 1 heterocycles.